The van der Waals surface area contributed by atoms with Gasteiger partial charge in [0.1, 0.15) is 17.3 Å². The molecule has 0 fully saturated rings. The molecule has 0 aliphatic carbocycles. The van der Waals surface area contributed by atoms with Crippen LogP contribution in [0.2, 0.25) is 5.02 Å². The van der Waals surface area contributed by atoms with Crippen molar-refractivity contribution in [1.82, 2.24) is 9.78 Å². The minimum absolute atomic E-state index is 0.345. The number of alkyl halides is 3. The number of anilines is 1. The monoisotopic (exact) mass is 421 g/mol. The molecule has 3 aromatic rings. The zero-order valence-electron chi connectivity index (χ0n) is 15.7. The second-order valence-corrected chi connectivity index (χ2v) is 7.30. The lowest BCUT2D eigenvalue weighted by Crippen LogP contribution is -2.09. The van der Waals surface area contributed by atoms with E-state index in [1.165, 1.54) is 6.07 Å². The molecule has 1 aliphatic heterocycles. The molecule has 1 aliphatic rings. The van der Waals surface area contributed by atoms with Crippen LogP contribution in [0.4, 0.5) is 19.0 Å². The van der Waals surface area contributed by atoms with Gasteiger partial charge in [0.25, 0.3) is 0 Å². The Morgan fingerprint density at radius 3 is 2.72 bits per heavy atom. The normalized spacial score (nSPS) is 14.1. The fourth-order valence-electron chi connectivity index (χ4n) is 3.58. The standard InChI is InChI=1S/C21H19ClF3N3O/c1-29-18-9-8-14(22)12-17(18)19-16-7-2-3-10-26-20(16)28(27-19)15-6-4-5-13(11-15)21(23,24)25/h4-6,8-9,11-12,26H,2-3,7,10H2,1H3. The van der Waals surface area contributed by atoms with Crippen LogP contribution in [-0.2, 0) is 12.6 Å². The van der Waals surface area contributed by atoms with Gasteiger partial charge < -0.3 is 10.1 Å². The van der Waals surface area contributed by atoms with Gasteiger partial charge in [-0.3, -0.25) is 0 Å². The van der Waals surface area contributed by atoms with Gasteiger partial charge in [-0.2, -0.15) is 18.3 Å². The second-order valence-electron chi connectivity index (χ2n) is 6.86. The molecule has 8 heteroatoms. The van der Waals surface area contributed by atoms with Crippen LogP contribution in [0.1, 0.15) is 24.0 Å². The van der Waals surface area contributed by atoms with Gasteiger partial charge in [0.15, 0.2) is 0 Å². The maximum Gasteiger partial charge on any atom is 0.416 e. The van der Waals surface area contributed by atoms with Gasteiger partial charge in [-0.15, -0.1) is 0 Å². The molecule has 152 valence electrons. The molecule has 4 rings (SSSR count). The summed E-state index contributed by atoms with van der Waals surface area (Å²) in [5.74, 6) is 1.31. The van der Waals surface area contributed by atoms with E-state index in [2.05, 4.69) is 5.32 Å². The van der Waals surface area contributed by atoms with Gasteiger partial charge in [-0.25, -0.2) is 4.68 Å². The van der Waals surface area contributed by atoms with Crippen molar-refractivity contribution in [2.45, 2.75) is 25.4 Å². The molecule has 0 spiro atoms. The van der Waals surface area contributed by atoms with Crippen LogP contribution in [0.5, 0.6) is 5.75 Å². The molecule has 2 heterocycles. The average molecular weight is 422 g/mol. The predicted molar refractivity (Wildman–Crippen MR) is 107 cm³/mol. The first-order valence-corrected chi connectivity index (χ1v) is 9.63. The molecule has 0 bridgehead atoms. The zero-order valence-corrected chi connectivity index (χ0v) is 16.4. The van der Waals surface area contributed by atoms with Crippen molar-refractivity contribution in [2.24, 2.45) is 0 Å². The summed E-state index contributed by atoms with van der Waals surface area (Å²) >= 11 is 6.20. The maximum absolute atomic E-state index is 13.2. The van der Waals surface area contributed by atoms with Crippen LogP contribution >= 0.6 is 11.6 Å². The summed E-state index contributed by atoms with van der Waals surface area (Å²) in [6, 6.07) is 10.4. The van der Waals surface area contributed by atoms with Crippen LogP contribution in [0.25, 0.3) is 16.9 Å². The third kappa shape index (κ3) is 3.79. The molecule has 1 aromatic heterocycles. The van der Waals surface area contributed by atoms with Crippen molar-refractivity contribution >= 4 is 17.4 Å². The number of hydrogen-bond donors (Lipinski definition) is 1. The van der Waals surface area contributed by atoms with Crippen molar-refractivity contribution < 1.29 is 17.9 Å². The Morgan fingerprint density at radius 1 is 1.14 bits per heavy atom. The molecular weight excluding hydrogens is 403 g/mol. The Hall–Kier alpha value is -2.67. The lowest BCUT2D eigenvalue weighted by atomic mass is 10.0. The lowest BCUT2D eigenvalue weighted by Gasteiger charge is -2.12. The van der Waals surface area contributed by atoms with E-state index >= 15 is 0 Å². The first-order valence-electron chi connectivity index (χ1n) is 9.26. The minimum atomic E-state index is -4.42. The number of methoxy groups -OCH3 is 1. The Morgan fingerprint density at radius 2 is 1.97 bits per heavy atom. The molecule has 0 amide bonds. The van der Waals surface area contributed by atoms with Crippen LogP contribution in [0.3, 0.4) is 0 Å². The number of benzene rings is 2. The highest BCUT2D eigenvalue weighted by Gasteiger charge is 2.31. The molecular formula is C21H19ClF3N3O. The topological polar surface area (TPSA) is 39.1 Å². The van der Waals surface area contributed by atoms with Gasteiger partial charge in [0, 0.05) is 22.7 Å². The summed E-state index contributed by atoms with van der Waals surface area (Å²) in [6.45, 7) is 0.726. The van der Waals surface area contributed by atoms with E-state index in [0.717, 1.165) is 43.5 Å². The highest BCUT2D eigenvalue weighted by Crippen LogP contribution is 2.39. The maximum atomic E-state index is 13.2. The summed E-state index contributed by atoms with van der Waals surface area (Å²) < 4.78 is 46.7. The number of nitrogens with zero attached hydrogens (tertiary/aromatic N) is 2. The van der Waals surface area contributed by atoms with Crippen LogP contribution in [0.15, 0.2) is 42.5 Å². The van der Waals surface area contributed by atoms with Crippen LogP contribution in [0, 0.1) is 0 Å². The number of aromatic nitrogens is 2. The summed E-state index contributed by atoms with van der Waals surface area (Å²) in [7, 11) is 1.56. The Bertz CT molecular complexity index is 1050. The van der Waals surface area contributed by atoms with E-state index in [1.807, 2.05) is 0 Å². The van der Waals surface area contributed by atoms with Crippen molar-refractivity contribution in [3.63, 3.8) is 0 Å². The van der Waals surface area contributed by atoms with Gasteiger partial charge in [0.2, 0.25) is 0 Å². The quantitative estimate of drug-likeness (QED) is 0.566. The van der Waals surface area contributed by atoms with Crippen molar-refractivity contribution in [3.8, 4) is 22.7 Å². The zero-order chi connectivity index (χ0) is 20.6. The summed E-state index contributed by atoms with van der Waals surface area (Å²) in [4.78, 5) is 0. The molecule has 2 aromatic carbocycles. The molecule has 0 saturated heterocycles. The molecule has 29 heavy (non-hydrogen) atoms. The number of hydrogen-bond acceptors (Lipinski definition) is 3. The molecule has 0 unspecified atom stereocenters. The number of ether oxygens (including phenoxy) is 1. The van der Waals surface area contributed by atoms with Crippen LogP contribution < -0.4 is 10.1 Å². The highest BCUT2D eigenvalue weighted by molar-refractivity contribution is 6.31. The first-order chi connectivity index (χ1) is 13.9. The molecule has 1 N–H and O–H groups in total. The largest absolute Gasteiger partial charge is 0.496 e. The third-order valence-electron chi connectivity index (χ3n) is 4.96. The average Bonchev–Trinajstić information content (AvgIpc) is 2.88. The molecule has 4 nitrogen and oxygen atoms in total. The Balaban J connectivity index is 1.93. The Labute approximate surface area is 171 Å². The van der Waals surface area contributed by atoms with Crippen molar-refractivity contribution in [2.75, 3.05) is 19.0 Å². The Kier molecular flexibility index (Phi) is 5.17. The second kappa shape index (κ2) is 7.63. The lowest BCUT2D eigenvalue weighted by molar-refractivity contribution is -0.137. The number of halogens is 4. The number of nitrogens with one attached hydrogen (secondary N) is 1. The molecule has 0 atom stereocenters. The first kappa shape index (κ1) is 19.6. The smallest absolute Gasteiger partial charge is 0.416 e. The number of fused-ring (bicyclic) bond motifs is 1. The van der Waals surface area contributed by atoms with E-state index < -0.39 is 11.7 Å². The van der Waals surface area contributed by atoms with E-state index in [-0.39, 0.29) is 0 Å². The molecule has 0 saturated carbocycles. The van der Waals surface area contributed by atoms with Gasteiger partial charge in [-0.1, -0.05) is 17.7 Å². The van der Waals surface area contributed by atoms with Crippen LogP contribution in [-0.4, -0.2) is 23.4 Å². The third-order valence-corrected chi connectivity index (χ3v) is 5.20. The van der Waals surface area contributed by atoms with Gasteiger partial charge >= 0.3 is 6.18 Å². The van der Waals surface area contributed by atoms with Gasteiger partial charge in [-0.05, 0) is 55.7 Å². The van der Waals surface area contributed by atoms with Crippen molar-refractivity contribution in [1.29, 1.82) is 0 Å². The highest BCUT2D eigenvalue weighted by atomic mass is 35.5. The predicted octanol–water partition coefficient (Wildman–Crippen LogP) is 5.97. The fourth-order valence-corrected chi connectivity index (χ4v) is 3.76. The number of rotatable bonds is 3. The fraction of sp³-hybridized carbons (Fsp3) is 0.286. The van der Waals surface area contributed by atoms with E-state index in [0.29, 0.717) is 33.5 Å². The van der Waals surface area contributed by atoms with Crippen molar-refractivity contribution in [3.05, 3.63) is 58.6 Å². The summed E-state index contributed by atoms with van der Waals surface area (Å²) in [5, 5.41) is 8.57. The summed E-state index contributed by atoms with van der Waals surface area (Å²) in [5.41, 5.74) is 1.95. The molecule has 0 radical (unpaired) electrons. The SMILES string of the molecule is COc1ccc(Cl)cc1-c1nn(-c2cccc(C(F)(F)F)c2)c2c1CCCCN2. The van der Waals surface area contributed by atoms with Gasteiger partial charge in [0.05, 0.1) is 18.4 Å². The summed E-state index contributed by atoms with van der Waals surface area (Å²) in [6.07, 6.45) is -1.76. The van der Waals surface area contributed by atoms with E-state index in [1.54, 1.807) is 36.1 Å². The van der Waals surface area contributed by atoms with E-state index in [4.69, 9.17) is 21.4 Å². The van der Waals surface area contributed by atoms with E-state index in [9.17, 15) is 13.2 Å². The minimum Gasteiger partial charge on any atom is -0.496 e.